The van der Waals surface area contributed by atoms with Crippen molar-refractivity contribution in [2.75, 3.05) is 13.1 Å². The molecule has 2 heterocycles. The molecule has 3 unspecified atom stereocenters. The number of benzene rings is 2. The highest BCUT2D eigenvalue weighted by molar-refractivity contribution is 5.97. The fourth-order valence-corrected chi connectivity index (χ4v) is 4.05. The molecule has 6 heteroatoms. The quantitative estimate of drug-likeness (QED) is 0.819. The van der Waals surface area contributed by atoms with Crippen LogP contribution in [0.15, 0.2) is 48.5 Å². The van der Waals surface area contributed by atoms with Crippen molar-refractivity contribution >= 4 is 11.7 Å². The van der Waals surface area contributed by atoms with Gasteiger partial charge in [-0.2, -0.15) is 0 Å². The Morgan fingerprint density at radius 3 is 2.44 bits per heavy atom. The molecule has 2 aliphatic rings. The summed E-state index contributed by atoms with van der Waals surface area (Å²) in [5, 5.41) is 0. The largest absolute Gasteiger partial charge is 0.338 e. The molecular formula is C21H22FN3O2. The molecule has 5 nitrogen and oxygen atoms in total. The van der Waals surface area contributed by atoms with Crippen molar-refractivity contribution in [3.63, 3.8) is 0 Å². The van der Waals surface area contributed by atoms with Gasteiger partial charge in [0.2, 0.25) is 0 Å². The van der Waals surface area contributed by atoms with Crippen molar-refractivity contribution in [3.05, 3.63) is 71.0 Å². The van der Waals surface area contributed by atoms with Crippen LogP contribution in [-0.2, 0) is 0 Å². The summed E-state index contributed by atoms with van der Waals surface area (Å²) in [5.41, 5.74) is 8.25. The number of amides is 1. The summed E-state index contributed by atoms with van der Waals surface area (Å²) in [6.07, 6.45) is 0.805. The number of ketones is 1. The van der Waals surface area contributed by atoms with Gasteiger partial charge < -0.3 is 4.90 Å². The van der Waals surface area contributed by atoms with Crippen molar-refractivity contribution in [3.8, 4) is 0 Å². The van der Waals surface area contributed by atoms with Crippen LogP contribution >= 0.6 is 0 Å². The van der Waals surface area contributed by atoms with Gasteiger partial charge >= 0.3 is 0 Å². The molecule has 140 valence electrons. The molecule has 27 heavy (non-hydrogen) atoms. The zero-order valence-corrected chi connectivity index (χ0v) is 15.1. The lowest BCUT2D eigenvalue weighted by molar-refractivity contribution is 0.0651. The summed E-state index contributed by atoms with van der Waals surface area (Å²) >= 11 is 0. The second-order valence-electron chi connectivity index (χ2n) is 7.23. The fourth-order valence-electron chi connectivity index (χ4n) is 4.05. The van der Waals surface area contributed by atoms with E-state index in [0.717, 1.165) is 6.42 Å². The number of piperidine rings is 1. The van der Waals surface area contributed by atoms with Gasteiger partial charge in [-0.25, -0.2) is 9.82 Å². The molecule has 0 saturated carbocycles. The minimum Gasteiger partial charge on any atom is -0.338 e. The fraction of sp³-hybridized carbons (Fsp3) is 0.333. The number of hydrogen-bond donors (Lipinski definition) is 2. The first kappa shape index (κ1) is 17.8. The molecule has 4 rings (SSSR count). The van der Waals surface area contributed by atoms with Crippen LogP contribution in [0.1, 0.15) is 45.7 Å². The van der Waals surface area contributed by atoms with E-state index in [1.54, 1.807) is 36.4 Å². The van der Waals surface area contributed by atoms with Gasteiger partial charge in [0, 0.05) is 41.7 Å². The maximum Gasteiger partial charge on any atom is 0.253 e. The Labute approximate surface area is 157 Å². The molecule has 2 aromatic carbocycles. The Morgan fingerprint density at radius 1 is 1.04 bits per heavy atom. The van der Waals surface area contributed by atoms with Crippen molar-refractivity contribution in [1.29, 1.82) is 0 Å². The van der Waals surface area contributed by atoms with E-state index in [4.69, 9.17) is 0 Å². The van der Waals surface area contributed by atoms with E-state index < -0.39 is 0 Å². The predicted molar refractivity (Wildman–Crippen MR) is 99.7 cm³/mol. The third-order valence-electron chi connectivity index (χ3n) is 5.58. The Kier molecular flexibility index (Phi) is 4.76. The summed E-state index contributed by atoms with van der Waals surface area (Å²) in [6, 6.07) is 13.6. The Bertz CT molecular complexity index is 868. The summed E-state index contributed by atoms with van der Waals surface area (Å²) in [4.78, 5) is 26.1. The number of rotatable bonds is 3. The number of hydrogen-bond acceptors (Lipinski definition) is 4. The molecule has 0 bridgehead atoms. The lowest BCUT2D eigenvalue weighted by Crippen LogP contribution is -2.47. The van der Waals surface area contributed by atoms with Gasteiger partial charge in [-0.3, -0.25) is 15.0 Å². The molecule has 0 spiro atoms. The molecule has 0 aromatic heterocycles. The lowest BCUT2D eigenvalue weighted by atomic mass is 9.84. The second kappa shape index (κ2) is 7.21. The van der Waals surface area contributed by atoms with Crippen molar-refractivity contribution < 1.29 is 14.0 Å². The number of nitrogens with one attached hydrogen (secondary N) is 2. The van der Waals surface area contributed by atoms with Crippen LogP contribution in [0.3, 0.4) is 0 Å². The van der Waals surface area contributed by atoms with Gasteiger partial charge in [0.25, 0.3) is 5.91 Å². The van der Waals surface area contributed by atoms with Gasteiger partial charge in [0.05, 0.1) is 6.04 Å². The van der Waals surface area contributed by atoms with Gasteiger partial charge in [-0.05, 0) is 31.5 Å². The van der Waals surface area contributed by atoms with Gasteiger partial charge in [-0.1, -0.05) is 30.3 Å². The Morgan fingerprint density at radius 2 is 1.74 bits per heavy atom. The van der Waals surface area contributed by atoms with Crippen molar-refractivity contribution in [2.45, 2.75) is 25.4 Å². The SMILES string of the molecule is CC(=O)c1ccc(C(=O)N2CCC3NNC(c4ccccc4F)C3C2)cc1. The van der Waals surface area contributed by atoms with Crippen LogP contribution < -0.4 is 10.9 Å². The number of nitrogens with zero attached hydrogens (tertiary/aromatic N) is 1. The van der Waals surface area contributed by atoms with E-state index in [0.29, 0.717) is 29.8 Å². The number of Topliss-reactive ketones (excluding diaryl/α,β-unsaturated/α-hetero) is 1. The van der Waals surface area contributed by atoms with Gasteiger partial charge in [-0.15, -0.1) is 0 Å². The molecule has 2 saturated heterocycles. The number of likely N-dealkylation sites (tertiary alicyclic amines) is 1. The molecule has 2 aliphatic heterocycles. The van der Waals surface area contributed by atoms with E-state index in [-0.39, 0.29) is 35.5 Å². The Balaban J connectivity index is 1.52. The van der Waals surface area contributed by atoms with Crippen LogP contribution in [0.5, 0.6) is 0 Å². The monoisotopic (exact) mass is 367 g/mol. The number of carbonyl (C=O) groups is 2. The molecule has 0 radical (unpaired) electrons. The average molecular weight is 367 g/mol. The summed E-state index contributed by atoms with van der Waals surface area (Å²) < 4.78 is 14.2. The molecule has 3 atom stereocenters. The molecule has 2 N–H and O–H groups in total. The van der Waals surface area contributed by atoms with Crippen LogP contribution in [-0.4, -0.2) is 35.7 Å². The first-order valence-electron chi connectivity index (χ1n) is 9.20. The third kappa shape index (κ3) is 3.38. The summed E-state index contributed by atoms with van der Waals surface area (Å²) in [7, 11) is 0. The summed E-state index contributed by atoms with van der Waals surface area (Å²) in [5.74, 6) is -0.217. The van der Waals surface area contributed by atoms with Gasteiger partial charge in [0.15, 0.2) is 5.78 Å². The van der Waals surface area contributed by atoms with Crippen LogP contribution in [0.25, 0.3) is 0 Å². The highest BCUT2D eigenvalue weighted by Crippen LogP contribution is 2.35. The molecular weight excluding hydrogens is 345 g/mol. The first-order chi connectivity index (χ1) is 13.0. The van der Waals surface area contributed by atoms with Crippen LogP contribution in [0, 0.1) is 11.7 Å². The minimum absolute atomic E-state index is 0.0225. The van der Waals surface area contributed by atoms with E-state index in [1.165, 1.54) is 13.0 Å². The van der Waals surface area contributed by atoms with Crippen molar-refractivity contribution in [2.24, 2.45) is 5.92 Å². The molecule has 2 fully saturated rings. The Hall–Kier alpha value is -2.57. The number of fused-ring (bicyclic) bond motifs is 1. The van der Waals surface area contributed by atoms with E-state index in [2.05, 4.69) is 10.9 Å². The number of hydrazine groups is 1. The van der Waals surface area contributed by atoms with Crippen LogP contribution in [0.4, 0.5) is 4.39 Å². The third-order valence-corrected chi connectivity index (χ3v) is 5.58. The van der Waals surface area contributed by atoms with Crippen molar-refractivity contribution in [1.82, 2.24) is 15.8 Å². The predicted octanol–water partition coefficient (Wildman–Crippen LogP) is 2.71. The van der Waals surface area contributed by atoms with Gasteiger partial charge in [0.1, 0.15) is 5.82 Å². The highest BCUT2D eigenvalue weighted by Gasteiger charge is 2.42. The molecule has 2 aromatic rings. The van der Waals surface area contributed by atoms with E-state index in [9.17, 15) is 14.0 Å². The van der Waals surface area contributed by atoms with Crippen LogP contribution in [0.2, 0.25) is 0 Å². The van der Waals surface area contributed by atoms with E-state index >= 15 is 0 Å². The topological polar surface area (TPSA) is 61.4 Å². The molecule has 1 amide bonds. The maximum absolute atomic E-state index is 14.2. The summed E-state index contributed by atoms with van der Waals surface area (Å²) in [6.45, 7) is 2.70. The zero-order chi connectivity index (χ0) is 19.0. The second-order valence-corrected chi connectivity index (χ2v) is 7.23. The minimum atomic E-state index is -0.235. The highest BCUT2D eigenvalue weighted by atomic mass is 19.1. The standard InChI is InChI=1S/C21H22FN3O2/c1-13(26)14-6-8-15(9-7-14)21(27)25-11-10-19-17(12-25)20(24-23-19)16-4-2-3-5-18(16)22/h2-9,17,19-20,23-24H,10-12H2,1H3. The smallest absolute Gasteiger partial charge is 0.253 e. The lowest BCUT2D eigenvalue weighted by Gasteiger charge is -2.36. The normalized spacial score (nSPS) is 24.5. The maximum atomic E-state index is 14.2. The average Bonchev–Trinajstić information content (AvgIpc) is 3.11. The molecule has 0 aliphatic carbocycles. The zero-order valence-electron chi connectivity index (χ0n) is 15.1. The first-order valence-corrected chi connectivity index (χ1v) is 9.20. The number of halogens is 1. The number of carbonyl (C=O) groups excluding carboxylic acids is 2. The van der Waals surface area contributed by atoms with E-state index in [1.807, 2.05) is 11.0 Å².